The number of nitrogens with zero attached hydrogens (tertiary/aromatic N) is 2. The maximum atomic E-state index is 13.1. The van der Waals surface area contributed by atoms with Crippen molar-refractivity contribution in [3.63, 3.8) is 0 Å². The molecule has 0 aliphatic carbocycles. The molecule has 3 aliphatic heterocycles. The van der Waals surface area contributed by atoms with E-state index in [0.717, 1.165) is 74.0 Å². The Hall–Kier alpha value is -2.99. The van der Waals surface area contributed by atoms with Gasteiger partial charge in [0.2, 0.25) is 12.7 Å². The molecule has 6 rings (SSSR count). The Kier molecular flexibility index (Phi) is 5.46. The standard InChI is InChI=1S/C27H30N2O4/c30-27-15-22-14-26-25(31-18-32-26)13-20(22)7-11-29(27)17-19-4-3-9-28(16-19)10-8-23-12-21-5-1-2-6-24(21)33-23/h1-2,5-6,12-14,19H,3-4,7-11,15-18H2. The van der Waals surface area contributed by atoms with Crippen molar-refractivity contribution >= 4 is 16.9 Å². The zero-order valence-electron chi connectivity index (χ0n) is 18.9. The molecule has 1 aromatic heterocycles. The smallest absolute Gasteiger partial charge is 0.231 e. The number of hydrogen-bond acceptors (Lipinski definition) is 5. The van der Waals surface area contributed by atoms with Crippen molar-refractivity contribution in [1.82, 2.24) is 9.80 Å². The van der Waals surface area contributed by atoms with Crippen molar-refractivity contribution in [2.24, 2.45) is 5.92 Å². The van der Waals surface area contributed by atoms with Crippen LogP contribution in [-0.4, -0.2) is 55.2 Å². The van der Waals surface area contributed by atoms with E-state index in [4.69, 9.17) is 13.9 Å². The van der Waals surface area contributed by atoms with E-state index in [-0.39, 0.29) is 12.7 Å². The summed E-state index contributed by atoms with van der Waals surface area (Å²) in [5, 5.41) is 1.17. The summed E-state index contributed by atoms with van der Waals surface area (Å²) in [6, 6.07) is 14.4. The molecular weight excluding hydrogens is 416 g/mol. The van der Waals surface area contributed by atoms with Crippen LogP contribution in [0.15, 0.2) is 46.9 Å². The average Bonchev–Trinajstić information content (AvgIpc) is 3.43. The third kappa shape index (κ3) is 4.32. The van der Waals surface area contributed by atoms with Gasteiger partial charge in [-0.1, -0.05) is 18.2 Å². The lowest BCUT2D eigenvalue weighted by molar-refractivity contribution is -0.131. The van der Waals surface area contributed by atoms with Gasteiger partial charge in [-0.05, 0) is 67.1 Å². The largest absolute Gasteiger partial charge is 0.461 e. The summed E-state index contributed by atoms with van der Waals surface area (Å²) in [5.74, 6) is 3.38. The first-order chi connectivity index (χ1) is 16.2. The summed E-state index contributed by atoms with van der Waals surface area (Å²) < 4.78 is 17.0. The van der Waals surface area contributed by atoms with E-state index in [1.807, 2.05) is 24.3 Å². The number of furan rings is 1. The Morgan fingerprint density at radius 1 is 1.00 bits per heavy atom. The number of likely N-dealkylation sites (tertiary alicyclic amines) is 1. The number of rotatable bonds is 5. The molecule has 1 saturated heterocycles. The van der Waals surface area contributed by atoms with Crippen LogP contribution in [-0.2, 0) is 24.1 Å². The molecule has 6 heteroatoms. The monoisotopic (exact) mass is 446 g/mol. The molecule has 1 atom stereocenters. The number of carbonyl (C=O) groups is 1. The van der Waals surface area contributed by atoms with Gasteiger partial charge in [-0.15, -0.1) is 0 Å². The number of amides is 1. The lowest BCUT2D eigenvalue weighted by Crippen LogP contribution is -2.43. The van der Waals surface area contributed by atoms with Gasteiger partial charge in [-0.3, -0.25) is 4.79 Å². The number of fused-ring (bicyclic) bond motifs is 3. The van der Waals surface area contributed by atoms with Gasteiger partial charge in [0, 0.05) is 38.0 Å². The van der Waals surface area contributed by atoms with Crippen LogP contribution in [0.4, 0.5) is 0 Å². The fraction of sp³-hybridized carbons (Fsp3) is 0.444. The van der Waals surface area contributed by atoms with Gasteiger partial charge in [0.05, 0.1) is 6.42 Å². The van der Waals surface area contributed by atoms with E-state index in [0.29, 0.717) is 12.3 Å². The van der Waals surface area contributed by atoms with Crippen molar-refractivity contribution in [1.29, 1.82) is 0 Å². The predicted molar refractivity (Wildman–Crippen MR) is 126 cm³/mol. The molecule has 1 amide bonds. The minimum atomic E-state index is 0.229. The highest BCUT2D eigenvalue weighted by molar-refractivity contribution is 5.80. The second kappa shape index (κ2) is 8.75. The predicted octanol–water partition coefficient (Wildman–Crippen LogP) is 4.04. The molecule has 1 fully saturated rings. The molecule has 0 saturated carbocycles. The molecule has 0 spiro atoms. The number of para-hydroxylation sites is 1. The highest BCUT2D eigenvalue weighted by Crippen LogP contribution is 2.36. The molecular formula is C27H30N2O4. The summed E-state index contributed by atoms with van der Waals surface area (Å²) in [5.41, 5.74) is 3.27. The number of benzene rings is 2. The lowest BCUT2D eigenvalue weighted by atomic mass is 9.97. The summed E-state index contributed by atoms with van der Waals surface area (Å²) in [6.07, 6.45) is 4.63. The maximum Gasteiger partial charge on any atom is 0.231 e. The van der Waals surface area contributed by atoms with E-state index in [9.17, 15) is 4.79 Å². The van der Waals surface area contributed by atoms with Crippen LogP contribution in [0.25, 0.3) is 11.0 Å². The Morgan fingerprint density at radius 2 is 1.85 bits per heavy atom. The number of piperidine rings is 1. The summed E-state index contributed by atoms with van der Waals surface area (Å²) in [7, 11) is 0. The third-order valence-corrected chi connectivity index (χ3v) is 7.27. The normalized spacial score (nSPS) is 20.8. The topological polar surface area (TPSA) is 55.2 Å². The molecule has 4 heterocycles. The van der Waals surface area contributed by atoms with E-state index in [1.54, 1.807) is 0 Å². The fourth-order valence-electron chi connectivity index (χ4n) is 5.51. The first-order valence-electron chi connectivity index (χ1n) is 12.1. The molecule has 3 aliphatic rings. The molecule has 33 heavy (non-hydrogen) atoms. The molecule has 172 valence electrons. The van der Waals surface area contributed by atoms with Crippen LogP contribution in [0.2, 0.25) is 0 Å². The minimum Gasteiger partial charge on any atom is -0.461 e. The van der Waals surface area contributed by atoms with Crippen molar-refractivity contribution < 1.29 is 18.7 Å². The molecule has 0 N–H and O–H groups in total. The van der Waals surface area contributed by atoms with Crippen molar-refractivity contribution in [2.45, 2.75) is 32.1 Å². The van der Waals surface area contributed by atoms with E-state index < -0.39 is 0 Å². The van der Waals surface area contributed by atoms with Crippen molar-refractivity contribution in [3.8, 4) is 11.5 Å². The molecule has 3 aromatic rings. The minimum absolute atomic E-state index is 0.229. The average molecular weight is 447 g/mol. The van der Waals surface area contributed by atoms with E-state index in [2.05, 4.69) is 28.0 Å². The molecule has 2 aromatic carbocycles. The van der Waals surface area contributed by atoms with Crippen LogP contribution in [0.1, 0.15) is 29.7 Å². The van der Waals surface area contributed by atoms with Crippen molar-refractivity contribution in [2.75, 3.05) is 39.5 Å². The van der Waals surface area contributed by atoms with Gasteiger partial charge in [0.15, 0.2) is 11.5 Å². The Morgan fingerprint density at radius 3 is 2.73 bits per heavy atom. The number of hydrogen-bond donors (Lipinski definition) is 0. The van der Waals surface area contributed by atoms with Gasteiger partial charge in [0.25, 0.3) is 0 Å². The highest BCUT2D eigenvalue weighted by Gasteiger charge is 2.28. The van der Waals surface area contributed by atoms with Gasteiger partial charge in [0.1, 0.15) is 11.3 Å². The molecule has 0 bridgehead atoms. The van der Waals surface area contributed by atoms with Crippen LogP contribution in [0.3, 0.4) is 0 Å². The van der Waals surface area contributed by atoms with Crippen LogP contribution in [0, 0.1) is 5.92 Å². The van der Waals surface area contributed by atoms with Crippen LogP contribution >= 0.6 is 0 Å². The number of ether oxygens (including phenoxy) is 2. The summed E-state index contributed by atoms with van der Waals surface area (Å²) >= 11 is 0. The second-order valence-electron chi connectivity index (χ2n) is 9.55. The zero-order valence-corrected chi connectivity index (χ0v) is 18.9. The Balaban J connectivity index is 1.05. The van der Waals surface area contributed by atoms with Gasteiger partial charge < -0.3 is 23.7 Å². The quantitative estimate of drug-likeness (QED) is 0.592. The Labute approximate surface area is 194 Å². The summed E-state index contributed by atoms with van der Waals surface area (Å²) in [6.45, 7) is 5.07. The van der Waals surface area contributed by atoms with Crippen LogP contribution in [0.5, 0.6) is 11.5 Å². The summed E-state index contributed by atoms with van der Waals surface area (Å²) in [4.78, 5) is 17.7. The maximum absolute atomic E-state index is 13.1. The van der Waals surface area contributed by atoms with E-state index >= 15 is 0 Å². The van der Waals surface area contributed by atoms with Crippen LogP contribution < -0.4 is 9.47 Å². The first kappa shape index (κ1) is 20.6. The number of carbonyl (C=O) groups excluding carboxylic acids is 1. The second-order valence-corrected chi connectivity index (χ2v) is 9.55. The zero-order chi connectivity index (χ0) is 22.2. The van der Waals surface area contributed by atoms with Gasteiger partial charge in [-0.2, -0.15) is 0 Å². The highest BCUT2D eigenvalue weighted by atomic mass is 16.7. The SMILES string of the molecule is O=C1Cc2cc3c(cc2CCN1CC1CCCN(CCc2cc4ccccc4o2)C1)OCO3. The van der Waals surface area contributed by atoms with E-state index in [1.165, 1.54) is 23.8 Å². The molecule has 6 nitrogen and oxygen atoms in total. The lowest BCUT2D eigenvalue weighted by Gasteiger charge is -2.35. The van der Waals surface area contributed by atoms with Gasteiger partial charge >= 0.3 is 0 Å². The Bertz CT molecular complexity index is 1140. The third-order valence-electron chi connectivity index (χ3n) is 7.27. The van der Waals surface area contributed by atoms with Crippen molar-refractivity contribution in [3.05, 3.63) is 59.4 Å². The van der Waals surface area contributed by atoms with Gasteiger partial charge in [-0.25, -0.2) is 0 Å². The first-order valence-corrected chi connectivity index (χ1v) is 12.1. The fourth-order valence-corrected chi connectivity index (χ4v) is 5.51. The molecule has 1 unspecified atom stereocenters. The molecule has 0 radical (unpaired) electrons.